The van der Waals surface area contributed by atoms with Gasteiger partial charge in [-0.2, -0.15) is 0 Å². The fraction of sp³-hybridized carbons (Fsp3) is 1.00. The van der Waals surface area contributed by atoms with E-state index in [9.17, 15) is 0 Å². The monoisotopic (exact) mass is 114 g/mol. The lowest BCUT2D eigenvalue weighted by Crippen LogP contribution is -2.55. The summed E-state index contributed by atoms with van der Waals surface area (Å²) in [5.74, 6) is 0. The van der Waals surface area contributed by atoms with Crippen LogP contribution in [0.25, 0.3) is 0 Å². The van der Waals surface area contributed by atoms with Crippen molar-refractivity contribution in [3.05, 3.63) is 0 Å². The Morgan fingerprint density at radius 2 is 0.875 bits per heavy atom. The van der Waals surface area contributed by atoms with E-state index >= 15 is 0 Å². The van der Waals surface area contributed by atoms with Gasteiger partial charge in [-0.25, -0.2) is 0 Å². The van der Waals surface area contributed by atoms with Crippen molar-refractivity contribution >= 4 is 15.7 Å². The topological polar surface area (TPSA) is 80.9 Å². The van der Waals surface area contributed by atoms with Crippen molar-refractivity contribution < 1.29 is 20.4 Å². The molecule has 0 aromatic heterocycles. The van der Waals surface area contributed by atoms with Crippen LogP contribution in [0.3, 0.4) is 0 Å². The van der Waals surface area contributed by atoms with Crippen molar-refractivity contribution in [2.24, 2.45) is 0 Å². The Bertz CT molecular complexity index is 67.0. The summed E-state index contributed by atoms with van der Waals surface area (Å²) in [5.41, 5.74) is -6.35. The van der Waals surface area contributed by atoms with E-state index in [1.165, 1.54) is 0 Å². The van der Waals surface area contributed by atoms with Gasteiger partial charge in [0.15, 0.2) is 27.1 Å². The Kier molecular flexibility index (Phi) is 1.73. The molecular weight excluding hydrogens is 110 g/mol. The Morgan fingerprint density at radius 1 is 0.750 bits per heavy atom. The van der Waals surface area contributed by atoms with Crippen LogP contribution in [0.2, 0.25) is 0 Å². The van der Waals surface area contributed by atoms with Gasteiger partial charge < -0.3 is 20.4 Å². The van der Waals surface area contributed by atoms with E-state index in [0.29, 0.717) is 0 Å². The summed E-state index contributed by atoms with van der Waals surface area (Å²) >= 11 is 0. The third-order valence-corrected chi connectivity index (χ3v) is 0.542. The van der Waals surface area contributed by atoms with Crippen LogP contribution in [-0.4, -0.2) is 47.5 Å². The molecule has 6 heteroatoms. The second-order valence-corrected chi connectivity index (χ2v) is 1.45. The molecule has 8 heavy (non-hydrogen) atoms. The molecule has 0 amide bonds. The zero-order valence-corrected chi connectivity index (χ0v) is 3.94. The lowest BCUT2D eigenvalue weighted by Gasteiger charge is -2.29. The zero-order chi connectivity index (χ0) is 7.00. The predicted octanol–water partition coefficient (Wildman–Crippen LogP) is -3.40. The van der Waals surface area contributed by atoms with Gasteiger partial charge in [-0.05, 0) is 0 Å². The van der Waals surface area contributed by atoms with Crippen LogP contribution in [0.4, 0.5) is 0 Å². The molecule has 0 fully saturated rings. The molecule has 0 aliphatic heterocycles. The molecule has 0 aliphatic rings. The van der Waals surface area contributed by atoms with Crippen molar-refractivity contribution in [2.75, 3.05) is 0 Å². The molecule has 4 nitrogen and oxygen atoms in total. The number of rotatable bonds is 1. The van der Waals surface area contributed by atoms with Crippen LogP contribution in [0.15, 0.2) is 0 Å². The first kappa shape index (κ1) is 7.97. The second kappa shape index (κ2) is 1.73. The van der Waals surface area contributed by atoms with Gasteiger partial charge in [0.2, 0.25) is 0 Å². The van der Waals surface area contributed by atoms with E-state index in [0.717, 1.165) is 0 Å². The van der Waals surface area contributed by atoms with E-state index in [1.807, 2.05) is 0 Å². The third-order valence-electron chi connectivity index (χ3n) is 0.542. The maximum atomic E-state index is 8.06. The van der Waals surface area contributed by atoms with E-state index in [1.54, 1.807) is 0 Å². The number of hydrogen-bond donors (Lipinski definition) is 4. The summed E-state index contributed by atoms with van der Waals surface area (Å²) in [5, 5.41) is 32.2. The molecule has 0 saturated heterocycles. The summed E-state index contributed by atoms with van der Waals surface area (Å²) in [6.07, 6.45) is 0. The summed E-state index contributed by atoms with van der Waals surface area (Å²) in [4.78, 5) is 0. The van der Waals surface area contributed by atoms with Crippen LogP contribution in [0.5, 0.6) is 0 Å². The highest BCUT2D eigenvalue weighted by molar-refractivity contribution is 6.23. The van der Waals surface area contributed by atoms with Crippen LogP contribution < -0.4 is 0 Å². The zero-order valence-electron chi connectivity index (χ0n) is 3.94. The van der Waals surface area contributed by atoms with Crippen molar-refractivity contribution in [2.45, 2.75) is 11.4 Å². The highest BCUT2D eigenvalue weighted by atomic mass is 16.6. The molecule has 4 N–H and O–H groups in total. The molecule has 0 atom stereocenters. The highest BCUT2D eigenvalue weighted by Crippen LogP contribution is 2.06. The van der Waals surface area contributed by atoms with Gasteiger partial charge in [0, 0.05) is 0 Å². The first-order valence-electron chi connectivity index (χ1n) is 1.72. The molecule has 0 saturated carbocycles. The number of hydrogen-bond acceptors (Lipinski definition) is 4. The smallest absolute Gasteiger partial charge is 0.160 e. The third kappa shape index (κ3) is 1.83. The Morgan fingerprint density at radius 3 is 0.875 bits per heavy atom. The predicted molar refractivity (Wildman–Crippen MR) is 25.8 cm³/mol. The first-order chi connectivity index (χ1) is 3.25. The van der Waals surface area contributed by atoms with Crippen LogP contribution in [-0.2, 0) is 0 Å². The van der Waals surface area contributed by atoms with Crippen molar-refractivity contribution in [1.29, 1.82) is 0 Å². The van der Waals surface area contributed by atoms with Gasteiger partial charge in [-0.3, -0.25) is 0 Å². The van der Waals surface area contributed by atoms with Crippen molar-refractivity contribution in [3.8, 4) is 0 Å². The molecule has 0 heterocycles. The van der Waals surface area contributed by atoms with Gasteiger partial charge >= 0.3 is 0 Å². The minimum absolute atomic E-state index is 3.17. The summed E-state index contributed by atoms with van der Waals surface area (Å²) in [7, 11) is 8.60. The molecule has 0 aromatic carbocycles. The lowest BCUT2D eigenvalue weighted by atomic mass is 9.75. The van der Waals surface area contributed by atoms with Gasteiger partial charge in [-0.1, -0.05) is 0 Å². The molecule has 0 unspecified atom stereocenters. The van der Waals surface area contributed by atoms with Gasteiger partial charge in [-0.15, -0.1) is 0 Å². The first-order valence-corrected chi connectivity index (χ1v) is 1.72. The minimum Gasteiger partial charge on any atom is -0.370 e. The minimum atomic E-state index is -3.17. The molecule has 0 spiro atoms. The summed E-state index contributed by atoms with van der Waals surface area (Å²) in [6, 6.07) is 0. The summed E-state index contributed by atoms with van der Waals surface area (Å²) < 4.78 is 0. The molecule has 0 rings (SSSR count). The second-order valence-electron chi connectivity index (χ2n) is 1.45. The average Bonchev–Trinajstić information content (AvgIpc) is 1.25. The van der Waals surface area contributed by atoms with Crippen LogP contribution in [0, 0.1) is 0 Å². The molecule has 0 bridgehead atoms. The molecular formula is C2H4B2O4. The van der Waals surface area contributed by atoms with Crippen LogP contribution in [0.1, 0.15) is 0 Å². The fourth-order valence-corrected chi connectivity index (χ4v) is 0. The maximum Gasteiger partial charge on any atom is 0.160 e. The lowest BCUT2D eigenvalue weighted by molar-refractivity contribution is -0.267. The van der Waals surface area contributed by atoms with Crippen LogP contribution >= 0.6 is 0 Å². The Balaban J connectivity index is 4.02. The Labute approximate surface area is 48.6 Å². The largest absolute Gasteiger partial charge is 0.370 e. The Hall–Kier alpha value is -0.0301. The van der Waals surface area contributed by atoms with Gasteiger partial charge in [0.1, 0.15) is 0 Å². The normalized spacial score (nSPS) is 14.0. The molecule has 42 valence electrons. The van der Waals surface area contributed by atoms with E-state index < -0.39 is 11.4 Å². The molecule has 0 aromatic rings. The maximum absolute atomic E-state index is 8.06. The summed E-state index contributed by atoms with van der Waals surface area (Å²) in [6.45, 7) is 0. The van der Waals surface area contributed by atoms with Gasteiger partial charge in [0.05, 0.1) is 0 Å². The molecule has 4 radical (unpaired) electrons. The van der Waals surface area contributed by atoms with Crippen molar-refractivity contribution in [3.63, 3.8) is 0 Å². The van der Waals surface area contributed by atoms with E-state index in [-0.39, 0.29) is 0 Å². The van der Waals surface area contributed by atoms with Gasteiger partial charge in [0.25, 0.3) is 0 Å². The SMILES string of the molecule is [B]C(O)(O)C([B])(O)O. The fourth-order valence-electron chi connectivity index (χ4n) is 0. The average molecular weight is 114 g/mol. The quantitative estimate of drug-likeness (QED) is 0.211. The highest BCUT2D eigenvalue weighted by Gasteiger charge is 2.35. The van der Waals surface area contributed by atoms with E-state index in [2.05, 4.69) is 15.7 Å². The van der Waals surface area contributed by atoms with E-state index in [4.69, 9.17) is 20.4 Å². The number of aliphatic hydroxyl groups is 4. The van der Waals surface area contributed by atoms with Crippen molar-refractivity contribution in [1.82, 2.24) is 0 Å². The standard InChI is InChI=1S/C2H4B2O4/c3-1(5,6)2(4,7)8/h5-8H. The molecule has 0 aliphatic carbocycles.